The number of carbonyl (C=O) groups is 1. The van der Waals surface area contributed by atoms with Crippen LogP contribution in [0.4, 0.5) is 5.69 Å². The third-order valence-electron chi connectivity index (χ3n) is 5.67. The Morgan fingerprint density at radius 2 is 1.93 bits per heavy atom. The van der Waals surface area contributed by atoms with Gasteiger partial charge >= 0.3 is 11.7 Å². The topological polar surface area (TPSA) is 139 Å². The molecule has 0 bridgehead atoms. The maximum absolute atomic E-state index is 13.5. The summed E-state index contributed by atoms with van der Waals surface area (Å²) >= 11 is 6.15. The number of halogens is 1. The van der Waals surface area contributed by atoms with Crippen molar-refractivity contribution in [1.82, 2.24) is 9.66 Å². The minimum Gasteiger partial charge on any atom is -0.474 e. The van der Waals surface area contributed by atoms with Crippen molar-refractivity contribution in [1.29, 1.82) is 0 Å². The summed E-state index contributed by atoms with van der Waals surface area (Å²) in [5.74, 6) is -0.600. The maximum atomic E-state index is 13.5. The molecule has 5 aromatic rings. The summed E-state index contributed by atoms with van der Waals surface area (Å²) in [5, 5.41) is 17.2. The number of nitrogens with zero attached hydrogens (tertiary/aromatic N) is 4. The van der Waals surface area contributed by atoms with E-state index in [-0.39, 0.29) is 27.9 Å². The van der Waals surface area contributed by atoms with Crippen LogP contribution >= 0.6 is 11.6 Å². The Morgan fingerprint density at radius 3 is 2.67 bits per heavy atom. The molecular weight excluding hydrogens is 540 g/mol. The number of para-hydroxylation sites is 2. The Morgan fingerprint density at radius 1 is 1.18 bits per heavy atom. The molecule has 202 valence electrons. The van der Waals surface area contributed by atoms with Crippen molar-refractivity contribution < 1.29 is 23.6 Å². The number of hydrogen-bond acceptors (Lipinski definition) is 9. The summed E-state index contributed by atoms with van der Waals surface area (Å²) in [6.45, 7) is 2.73. The van der Waals surface area contributed by atoms with Crippen molar-refractivity contribution in [2.75, 3.05) is 6.61 Å². The van der Waals surface area contributed by atoms with Crippen LogP contribution in [-0.2, 0) is 9.53 Å². The van der Waals surface area contributed by atoms with Gasteiger partial charge in [0.15, 0.2) is 12.4 Å². The number of ether oxygens (including phenoxy) is 2. The van der Waals surface area contributed by atoms with Gasteiger partial charge in [-0.15, -0.1) is 0 Å². The molecule has 0 saturated heterocycles. The second kappa shape index (κ2) is 11.0. The summed E-state index contributed by atoms with van der Waals surface area (Å²) in [7, 11) is 0. The van der Waals surface area contributed by atoms with Crippen LogP contribution < -0.4 is 10.3 Å². The first kappa shape index (κ1) is 26.6. The van der Waals surface area contributed by atoms with E-state index in [1.54, 1.807) is 50.2 Å². The van der Waals surface area contributed by atoms with Crippen molar-refractivity contribution in [3.05, 3.63) is 97.8 Å². The van der Waals surface area contributed by atoms with Crippen LogP contribution in [0.15, 0.2) is 81.0 Å². The van der Waals surface area contributed by atoms with Crippen molar-refractivity contribution in [3.63, 3.8) is 0 Å². The maximum Gasteiger partial charge on any atom is 0.344 e. The van der Waals surface area contributed by atoms with Gasteiger partial charge in [-0.3, -0.25) is 14.9 Å². The van der Waals surface area contributed by atoms with Gasteiger partial charge in [-0.1, -0.05) is 41.9 Å². The second-order valence-electron chi connectivity index (χ2n) is 8.89. The van der Waals surface area contributed by atoms with E-state index in [0.29, 0.717) is 16.5 Å². The molecule has 0 unspecified atom stereocenters. The highest BCUT2D eigenvalue weighted by atomic mass is 35.5. The fraction of sp³-hybridized carbons (Fsp3) is 0.143. The Labute approximate surface area is 231 Å². The first-order valence-electron chi connectivity index (χ1n) is 12.1. The third-order valence-corrected chi connectivity index (χ3v) is 5.89. The molecule has 2 heterocycles. The monoisotopic (exact) mass is 560 g/mol. The standard InChI is InChI=1S/C28H21ClN4O7/c1-16(2)39-25(34)15-38-26-18(11-19(29)13-22(26)33(36)37)14-30-32-27(24-12-17-7-3-6-10-23(17)40-24)31-21-9-5-4-8-20(21)28(32)35/h3-14,16H,15H2,1-2H3. The van der Waals surface area contributed by atoms with Crippen molar-refractivity contribution in [2.24, 2.45) is 5.10 Å². The molecule has 0 N–H and O–H groups in total. The minimum atomic E-state index is -0.718. The van der Waals surface area contributed by atoms with E-state index in [1.807, 2.05) is 18.2 Å². The van der Waals surface area contributed by atoms with Gasteiger partial charge < -0.3 is 13.9 Å². The lowest BCUT2D eigenvalue weighted by Gasteiger charge is -2.12. The number of aromatic nitrogens is 2. The van der Waals surface area contributed by atoms with E-state index in [2.05, 4.69) is 10.1 Å². The van der Waals surface area contributed by atoms with Crippen LogP contribution in [0, 0.1) is 10.1 Å². The molecule has 40 heavy (non-hydrogen) atoms. The van der Waals surface area contributed by atoms with Crippen LogP contribution in [0.2, 0.25) is 5.02 Å². The number of carbonyl (C=O) groups excluding carboxylic acids is 1. The Kier molecular flexibility index (Phi) is 7.30. The van der Waals surface area contributed by atoms with E-state index < -0.39 is 34.9 Å². The van der Waals surface area contributed by atoms with E-state index in [4.69, 9.17) is 25.5 Å². The van der Waals surface area contributed by atoms with Crippen molar-refractivity contribution >= 4 is 51.3 Å². The van der Waals surface area contributed by atoms with Crippen LogP contribution in [0.3, 0.4) is 0 Å². The average Bonchev–Trinajstić information content (AvgIpc) is 3.35. The molecule has 2 aromatic heterocycles. The molecule has 0 atom stereocenters. The summed E-state index contributed by atoms with van der Waals surface area (Å²) in [6.07, 6.45) is 0.771. The first-order valence-corrected chi connectivity index (χ1v) is 12.4. The highest BCUT2D eigenvalue weighted by Crippen LogP contribution is 2.34. The Bertz CT molecular complexity index is 1830. The lowest BCUT2D eigenvalue weighted by Crippen LogP contribution is -2.21. The second-order valence-corrected chi connectivity index (χ2v) is 9.33. The molecule has 0 aliphatic heterocycles. The van der Waals surface area contributed by atoms with Crippen LogP contribution in [0.25, 0.3) is 33.5 Å². The summed E-state index contributed by atoms with van der Waals surface area (Å²) < 4.78 is 17.5. The molecular formula is C28H21ClN4O7. The SMILES string of the molecule is CC(C)OC(=O)COc1c(C=Nn2c(-c3cc4ccccc4o3)nc3ccccc3c2=O)cc(Cl)cc1[N+](=O)[O-]. The molecule has 0 saturated carbocycles. The number of esters is 1. The normalized spacial score (nSPS) is 11.5. The molecule has 0 spiro atoms. The fourth-order valence-electron chi connectivity index (χ4n) is 4.02. The highest BCUT2D eigenvalue weighted by Gasteiger charge is 2.23. The van der Waals surface area contributed by atoms with Gasteiger partial charge in [-0.05, 0) is 44.2 Å². The zero-order chi connectivity index (χ0) is 28.4. The molecule has 0 amide bonds. The quantitative estimate of drug-likeness (QED) is 0.104. The lowest BCUT2D eigenvalue weighted by atomic mass is 10.2. The summed E-state index contributed by atoms with van der Waals surface area (Å²) in [4.78, 5) is 41.3. The van der Waals surface area contributed by atoms with Gasteiger partial charge in [0.2, 0.25) is 11.6 Å². The van der Waals surface area contributed by atoms with E-state index in [0.717, 1.165) is 16.1 Å². The zero-order valence-electron chi connectivity index (χ0n) is 21.2. The smallest absolute Gasteiger partial charge is 0.344 e. The van der Waals surface area contributed by atoms with Crippen LogP contribution in [-0.4, -0.2) is 39.5 Å². The van der Waals surface area contributed by atoms with Gasteiger partial charge in [0.25, 0.3) is 5.56 Å². The number of benzene rings is 3. The van der Waals surface area contributed by atoms with Crippen LogP contribution in [0.5, 0.6) is 5.75 Å². The van der Waals surface area contributed by atoms with E-state index in [1.165, 1.54) is 12.3 Å². The Balaban J connectivity index is 1.65. The minimum absolute atomic E-state index is 0.0201. The molecule has 0 radical (unpaired) electrons. The number of fused-ring (bicyclic) bond motifs is 2. The average molecular weight is 561 g/mol. The predicted octanol–water partition coefficient (Wildman–Crippen LogP) is 5.58. The third kappa shape index (κ3) is 5.40. The van der Waals surface area contributed by atoms with E-state index >= 15 is 0 Å². The zero-order valence-corrected chi connectivity index (χ0v) is 22.0. The summed E-state index contributed by atoms with van der Waals surface area (Å²) in [5.41, 5.74) is 0.0714. The predicted molar refractivity (Wildman–Crippen MR) is 149 cm³/mol. The van der Waals surface area contributed by atoms with Gasteiger partial charge in [0, 0.05) is 22.0 Å². The number of hydrogen-bond donors (Lipinski definition) is 0. The number of rotatable bonds is 8. The molecule has 5 rings (SSSR count). The first-order chi connectivity index (χ1) is 19.2. The van der Waals surface area contributed by atoms with Crippen LogP contribution in [0.1, 0.15) is 19.4 Å². The molecule has 3 aromatic carbocycles. The molecule has 0 aliphatic carbocycles. The number of nitro benzene ring substituents is 1. The Hall–Kier alpha value is -5.03. The fourth-order valence-corrected chi connectivity index (χ4v) is 4.24. The number of nitro groups is 1. The van der Waals surface area contributed by atoms with Crippen molar-refractivity contribution in [2.45, 2.75) is 20.0 Å². The molecule has 0 fully saturated rings. The van der Waals surface area contributed by atoms with Gasteiger partial charge in [0.1, 0.15) is 5.58 Å². The molecule has 12 heteroatoms. The highest BCUT2D eigenvalue weighted by molar-refractivity contribution is 6.31. The summed E-state index contributed by atoms with van der Waals surface area (Å²) in [6, 6.07) is 18.2. The van der Waals surface area contributed by atoms with E-state index in [9.17, 15) is 19.7 Å². The van der Waals surface area contributed by atoms with Gasteiger partial charge in [-0.2, -0.15) is 9.78 Å². The lowest BCUT2D eigenvalue weighted by molar-refractivity contribution is -0.385. The number of furan rings is 1. The van der Waals surface area contributed by atoms with Crippen molar-refractivity contribution in [3.8, 4) is 17.3 Å². The van der Waals surface area contributed by atoms with Gasteiger partial charge in [0.05, 0.1) is 28.1 Å². The molecule has 11 nitrogen and oxygen atoms in total. The van der Waals surface area contributed by atoms with Gasteiger partial charge in [-0.25, -0.2) is 9.78 Å². The molecule has 0 aliphatic rings. The largest absolute Gasteiger partial charge is 0.474 e.